The van der Waals surface area contributed by atoms with E-state index in [1.165, 1.54) is 0 Å². The second kappa shape index (κ2) is 7.88. The zero-order valence-corrected chi connectivity index (χ0v) is 15.6. The van der Waals surface area contributed by atoms with Crippen LogP contribution in [0.2, 0.25) is 0 Å². The largest absolute Gasteiger partial charge is 0.573 e. The molecule has 0 aliphatic carbocycles. The lowest BCUT2D eigenvalue weighted by molar-refractivity contribution is -0.274. The molecular formula is C18H18F3NO5S. The van der Waals surface area contributed by atoms with Gasteiger partial charge in [-0.15, -0.1) is 13.2 Å². The van der Waals surface area contributed by atoms with Gasteiger partial charge in [0.1, 0.15) is 5.75 Å². The molecule has 28 heavy (non-hydrogen) atoms. The van der Waals surface area contributed by atoms with E-state index in [-0.39, 0.29) is 11.7 Å². The highest BCUT2D eigenvalue weighted by atomic mass is 32.2. The van der Waals surface area contributed by atoms with Crippen LogP contribution in [0.25, 0.3) is 0 Å². The molecule has 0 aromatic heterocycles. The van der Waals surface area contributed by atoms with Crippen LogP contribution >= 0.6 is 0 Å². The third kappa shape index (κ3) is 4.87. The van der Waals surface area contributed by atoms with Gasteiger partial charge in [-0.25, -0.2) is 13.1 Å². The van der Waals surface area contributed by atoms with E-state index in [0.29, 0.717) is 29.9 Å². The monoisotopic (exact) mass is 417 g/mol. The van der Waals surface area contributed by atoms with Crippen LogP contribution in [0.4, 0.5) is 13.2 Å². The first-order valence-electron chi connectivity index (χ1n) is 8.45. The number of sulfonamides is 1. The average Bonchev–Trinajstić information content (AvgIpc) is 3.08. The minimum absolute atomic E-state index is 0.106. The topological polar surface area (TPSA) is 73.9 Å². The van der Waals surface area contributed by atoms with Crippen LogP contribution in [0.3, 0.4) is 0 Å². The van der Waals surface area contributed by atoms with E-state index in [9.17, 15) is 21.6 Å². The van der Waals surface area contributed by atoms with Gasteiger partial charge in [0.15, 0.2) is 11.5 Å². The van der Waals surface area contributed by atoms with E-state index in [0.717, 1.165) is 24.3 Å². The fourth-order valence-corrected chi connectivity index (χ4v) is 4.05. The second-order valence-corrected chi connectivity index (χ2v) is 7.81. The van der Waals surface area contributed by atoms with Gasteiger partial charge < -0.3 is 14.2 Å². The quantitative estimate of drug-likeness (QED) is 0.733. The third-order valence-electron chi connectivity index (χ3n) is 4.04. The van der Waals surface area contributed by atoms with Crippen LogP contribution in [-0.4, -0.2) is 21.6 Å². The maximum absolute atomic E-state index is 12.7. The molecular weight excluding hydrogens is 399 g/mol. The average molecular weight is 417 g/mol. The Balaban J connectivity index is 1.80. The first-order chi connectivity index (χ1) is 13.2. The van der Waals surface area contributed by atoms with Gasteiger partial charge in [-0.1, -0.05) is 19.4 Å². The molecule has 0 bridgehead atoms. The molecule has 0 saturated carbocycles. The molecule has 0 amide bonds. The summed E-state index contributed by atoms with van der Waals surface area (Å²) < 4.78 is 79.1. The van der Waals surface area contributed by atoms with E-state index >= 15 is 0 Å². The number of halogens is 3. The van der Waals surface area contributed by atoms with Gasteiger partial charge in [0.2, 0.25) is 16.8 Å². The number of rotatable bonds is 7. The molecule has 0 radical (unpaired) electrons. The number of hydrogen-bond acceptors (Lipinski definition) is 5. The molecule has 2 aromatic rings. The van der Waals surface area contributed by atoms with Crippen molar-refractivity contribution in [2.75, 3.05) is 6.79 Å². The van der Waals surface area contributed by atoms with Crippen LogP contribution in [0.5, 0.6) is 17.2 Å². The molecule has 1 aliphatic heterocycles. The molecule has 0 spiro atoms. The molecule has 2 aromatic carbocycles. The highest BCUT2D eigenvalue weighted by molar-refractivity contribution is 7.89. The van der Waals surface area contributed by atoms with Crippen molar-refractivity contribution in [3.8, 4) is 17.2 Å². The summed E-state index contributed by atoms with van der Waals surface area (Å²) in [7, 11) is -3.96. The van der Waals surface area contributed by atoms with Crippen molar-refractivity contribution in [3.63, 3.8) is 0 Å². The van der Waals surface area contributed by atoms with Gasteiger partial charge in [0.05, 0.1) is 4.90 Å². The number of benzene rings is 2. The summed E-state index contributed by atoms with van der Waals surface area (Å²) in [4.78, 5) is -0.163. The number of alkyl halides is 3. The van der Waals surface area contributed by atoms with Crippen molar-refractivity contribution in [3.05, 3.63) is 48.0 Å². The standard InChI is InChI=1S/C18H18F3NO5S/c1-2-3-15(12-4-9-16-17(10-12)26-11-25-16)22-28(23,24)14-7-5-13(6-8-14)27-18(19,20)21/h4-10,15,22H,2-3,11H2,1H3. The predicted molar refractivity (Wildman–Crippen MR) is 93.7 cm³/mol. The van der Waals surface area contributed by atoms with Crippen molar-refractivity contribution in [1.29, 1.82) is 0 Å². The van der Waals surface area contributed by atoms with E-state index in [2.05, 4.69) is 9.46 Å². The van der Waals surface area contributed by atoms with Crippen LogP contribution in [0.15, 0.2) is 47.4 Å². The van der Waals surface area contributed by atoms with Crippen molar-refractivity contribution >= 4 is 10.0 Å². The Morgan fingerprint density at radius 1 is 1.11 bits per heavy atom. The summed E-state index contributed by atoms with van der Waals surface area (Å²) in [5, 5.41) is 0. The van der Waals surface area contributed by atoms with Gasteiger partial charge in [-0.3, -0.25) is 0 Å². The molecule has 152 valence electrons. The maximum Gasteiger partial charge on any atom is 0.573 e. The molecule has 1 aliphatic rings. The smallest absolute Gasteiger partial charge is 0.454 e. The van der Waals surface area contributed by atoms with Crippen LogP contribution in [0.1, 0.15) is 31.4 Å². The summed E-state index contributed by atoms with van der Waals surface area (Å²) >= 11 is 0. The molecule has 1 atom stereocenters. The van der Waals surface area contributed by atoms with E-state index in [1.807, 2.05) is 6.92 Å². The number of fused-ring (bicyclic) bond motifs is 1. The lowest BCUT2D eigenvalue weighted by Gasteiger charge is -2.19. The van der Waals surface area contributed by atoms with E-state index in [1.54, 1.807) is 18.2 Å². The zero-order valence-electron chi connectivity index (χ0n) is 14.8. The third-order valence-corrected chi connectivity index (χ3v) is 5.53. The fraction of sp³-hybridized carbons (Fsp3) is 0.333. The van der Waals surface area contributed by atoms with Gasteiger partial charge in [0, 0.05) is 6.04 Å². The van der Waals surface area contributed by atoms with Crippen molar-refractivity contribution in [1.82, 2.24) is 4.72 Å². The van der Waals surface area contributed by atoms with Crippen molar-refractivity contribution < 1.29 is 35.8 Å². The second-order valence-electron chi connectivity index (χ2n) is 6.09. The Bertz CT molecular complexity index is 929. The van der Waals surface area contributed by atoms with E-state index in [4.69, 9.17) is 9.47 Å². The Morgan fingerprint density at radius 2 is 1.79 bits per heavy atom. The molecule has 0 fully saturated rings. The highest BCUT2D eigenvalue weighted by Crippen LogP contribution is 2.35. The molecule has 1 unspecified atom stereocenters. The van der Waals surface area contributed by atoms with Crippen molar-refractivity contribution in [2.24, 2.45) is 0 Å². The Labute approximate surface area is 160 Å². The molecule has 0 saturated heterocycles. The highest BCUT2D eigenvalue weighted by Gasteiger charge is 2.31. The van der Waals surface area contributed by atoms with Gasteiger partial charge in [0.25, 0.3) is 0 Å². The Kier molecular flexibility index (Phi) is 5.71. The minimum atomic E-state index is -4.84. The SMILES string of the molecule is CCCC(NS(=O)(=O)c1ccc(OC(F)(F)F)cc1)c1ccc2c(c1)OCO2. The number of hydrogen-bond donors (Lipinski definition) is 1. The molecule has 6 nitrogen and oxygen atoms in total. The molecule has 3 rings (SSSR count). The normalized spacial score (nSPS) is 14.7. The number of nitrogens with one attached hydrogen (secondary N) is 1. The Hall–Kier alpha value is -2.46. The van der Waals surface area contributed by atoms with Crippen LogP contribution < -0.4 is 18.9 Å². The van der Waals surface area contributed by atoms with Crippen LogP contribution in [-0.2, 0) is 10.0 Å². The molecule has 1 N–H and O–H groups in total. The zero-order chi connectivity index (χ0) is 20.4. The van der Waals surface area contributed by atoms with Gasteiger partial charge in [-0.05, 0) is 48.4 Å². The summed E-state index contributed by atoms with van der Waals surface area (Å²) in [6, 6.07) is 8.67. The van der Waals surface area contributed by atoms with Gasteiger partial charge >= 0.3 is 6.36 Å². The van der Waals surface area contributed by atoms with E-state index < -0.39 is 28.2 Å². The Morgan fingerprint density at radius 3 is 2.43 bits per heavy atom. The lowest BCUT2D eigenvalue weighted by atomic mass is 10.0. The predicted octanol–water partition coefficient (Wildman–Crippen LogP) is 4.13. The summed E-state index contributed by atoms with van der Waals surface area (Å²) in [6.07, 6.45) is -3.61. The fourth-order valence-electron chi connectivity index (χ4n) is 2.79. The summed E-state index contributed by atoms with van der Waals surface area (Å²) in [6.45, 7) is 2.02. The minimum Gasteiger partial charge on any atom is -0.454 e. The first kappa shape index (κ1) is 20.3. The molecule has 10 heteroatoms. The number of ether oxygens (including phenoxy) is 3. The molecule has 1 heterocycles. The first-order valence-corrected chi connectivity index (χ1v) is 9.94. The summed E-state index contributed by atoms with van der Waals surface area (Å²) in [5.74, 6) is 0.626. The van der Waals surface area contributed by atoms with Crippen LogP contribution in [0, 0.1) is 0 Å². The van der Waals surface area contributed by atoms with Crippen molar-refractivity contribution in [2.45, 2.75) is 37.1 Å². The lowest BCUT2D eigenvalue weighted by Crippen LogP contribution is -2.28. The maximum atomic E-state index is 12.7. The summed E-state index contributed by atoms with van der Waals surface area (Å²) in [5.41, 5.74) is 0.701. The van der Waals surface area contributed by atoms with Gasteiger partial charge in [-0.2, -0.15) is 0 Å².